The number of nitrogens with one attached hydrogen (secondary N) is 1. The van der Waals surface area contributed by atoms with Gasteiger partial charge in [-0.2, -0.15) is 0 Å². The number of hydrogen-bond acceptors (Lipinski definition) is 2. The van der Waals surface area contributed by atoms with Gasteiger partial charge in [-0.15, -0.1) is 0 Å². The average Bonchev–Trinajstić information content (AvgIpc) is 2.41. The van der Waals surface area contributed by atoms with Crippen LogP contribution in [0, 0.1) is 0 Å². The maximum Gasteiger partial charge on any atom is 0.119 e. The van der Waals surface area contributed by atoms with Gasteiger partial charge < -0.3 is 10.1 Å². The third-order valence-corrected chi connectivity index (χ3v) is 2.93. The zero-order valence-corrected chi connectivity index (χ0v) is 12.7. The molecule has 0 saturated carbocycles. The number of hydrogen-bond donors (Lipinski definition) is 1. The summed E-state index contributed by atoms with van der Waals surface area (Å²) in [5.74, 6) is 0.958. The van der Waals surface area contributed by atoms with Crippen molar-refractivity contribution >= 4 is 5.57 Å². The Morgan fingerprint density at radius 2 is 1.95 bits per heavy atom. The highest BCUT2D eigenvalue weighted by Crippen LogP contribution is 2.18. The minimum Gasteiger partial charge on any atom is -0.494 e. The molecule has 1 N–H and O–H groups in total. The van der Waals surface area contributed by atoms with E-state index in [1.807, 2.05) is 0 Å². The number of allylic oxidation sites excluding steroid dienone is 1. The fraction of sp³-hybridized carbons (Fsp3) is 0.529. The predicted molar refractivity (Wildman–Crippen MR) is 83.6 cm³/mol. The molecule has 1 rings (SSSR count). The van der Waals surface area contributed by atoms with E-state index in [-0.39, 0.29) is 0 Å². The Kier molecular flexibility index (Phi) is 7.27. The first-order valence-corrected chi connectivity index (χ1v) is 7.27. The van der Waals surface area contributed by atoms with Gasteiger partial charge in [0.05, 0.1) is 6.61 Å². The molecular formula is C17H27NO. The summed E-state index contributed by atoms with van der Waals surface area (Å²) in [6.07, 6.45) is 4.40. The van der Waals surface area contributed by atoms with Crippen molar-refractivity contribution in [2.75, 3.05) is 13.2 Å². The zero-order chi connectivity index (χ0) is 14.1. The molecule has 19 heavy (non-hydrogen) atoms. The topological polar surface area (TPSA) is 21.3 Å². The lowest BCUT2D eigenvalue weighted by atomic mass is 10.1. The van der Waals surface area contributed by atoms with Gasteiger partial charge in [-0.05, 0) is 49.6 Å². The van der Waals surface area contributed by atoms with E-state index in [2.05, 4.69) is 63.4 Å². The van der Waals surface area contributed by atoms with Crippen LogP contribution >= 0.6 is 0 Å². The van der Waals surface area contributed by atoms with Crippen LogP contribution in [-0.2, 0) is 0 Å². The monoisotopic (exact) mass is 261 g/mol. The van der Waals surface area contributed by atoms with Gasteiger partial charge >= 0.3 is 0 Å². The Balaban J connectivity index is 2.47. The molecule has 2 nitrogen and oxygen atoms in total. The summed E-state index contributed by atoms with van der Waals surface area (Å²) in [7, 11) is 0. The second kappa shape index (κ2) is 8.76. The largest absolute Gasteiger partial charge is 0.494 e. The lowest BCUT2D eigenvalue weighted by Gasteiger charge is -2.08. The van der Waals surface area contributed by atoms with Crippen LogP contribution in [0.25, 0.3) is 5.57 Å². The van der Waals surface area contributed by atoms with Gasteiger partial charge in [-0.25, -0.2) is 0 Å². The van der Waals surface area contributed by atoms with Crippen molar-refractivity contribution in [3.8, 4) is 5.75 Å². The highest BCUT2D eigenvalue weighted by atomic mass is 16.5. The van der Waals surface area contributed by atoms with Crippen molar-refractivity contribution in [3.63, 3.8) is 0 Å². The molecule has 2 heteroatoms. The zero-order valence-electron chi connectivity index (χ0n) is 12.7. The van der Waals surface area contributed by atoms with Crippen LogP contribution in [0.1, 0.15) is 46.1 Å². The normalized spacial score (nSPS) is 11.9. The van der Waals surface area contributed by atoms with Crippen molar-refractivity contribution in [1.29, 1.82) is 0 Å². The molecule has 0 radical (unpaired) electrons. The number of rotatable bonds is 8. The minimum atomic E-state index is 0.559. The molecule has 0 amide bonds. The van der Waals surface area contributed by atoms with Crippen molar-refractivity contribution in [2.45, 2.75) is 46.6 Å². The molecule has 1 aromatic rings. The molecule has 0 unspecified atom stereocenters. The molecular weight excluding hydrogens is 234 g/mol. The van der Waals surface area contributed by atoms with Gasteiger partial charge in [0.1, 0.15) is 5.75 Å². The second-order valence-corrected chi connectivity index (χ2v) is 5.16. The molecule has 0 bridgehead atoms. The molecule has 0 spiro atoms. The molecule has 1 aromatic carbocycles. The lowest BCUT2D eigenvalue weighted by Crippen LogP contribution is -2.23. The highest BCUT2D eigenvalue weighted by molar-refractivity contribution is 5.64. The second-order valence-electron chi connectivity index (χ2n) is 5.16. The first-order chi connectivity index (χ1) is 9.13. The molecule has 0 aromatic heterocycles. The third kappa shape index (κ3) is 6.44. The maximum atomic E-state index is 5.59. The molecule has 0 fully saturated rings. The molecule has 0 heterocycles. The minimum absolute atomic E-state index is 0.559. The molecule has 106 valence electrons. The van der Waals surface area contributed by atoms with E-state index in [1.165, 1.54) is 11.1 Å². The molecule has 0 aliphatic carbocycles. The number of ether oxygens (including phenoxy) is 1. The van der Waals surface area contributed by atoms with Crippen LogP contribution in [-0.4, -0.2) is 19.2 Å². The molecule has 0 atom stereocenters. The van der Waals surface area contributed by atoms with Crippen LogP contribution in [0.2, 0.25) is 0 Å². The summed E-state index contributed by atoms with van der Waals surface area (Å²) in [6.45, 7) is 10.4. The number of benzene rings is 1. The Bertz CT molecular complexity index is 379. The SMILES string of the molecule is CCCOc1ccc(C(C)=CCCNC(C)C)cc1. The Labute approximate surface area is 117 Å². The van der Waals surface area contributed by atoms with E-state index in [9.17, 15) is 0 Å². The van der Waals surface area contributed by atoms with Crippen LogP contribution in [0.5, 0.6) is 5.75 Å². The van der Waals surface area contributed by atoms with Crippen molar-refractivity contribution in [3.05, 3.63) is 35.9 Å². The van der Waals surface area contributed by atoms with E-state index in [1.54, 1.807) is 0 Å². The predicted octanol–water partition coefficient (Wildman–Crippen LogP) is 4.27. The fourth-order valence-corrected chi connectivity index (χ4v) is 1.81. The lowest BCUT2D eigenvalue weighted by molar-refractivity contribution is 0.317. The molecule has 0 aliphatic rings. The third-order valence-electron chi connectivity index (χ3n) is 2.93. The maximum absolute atomic E-state index is 5.59. The average molecular weight is 261 g/mol. The fourth-order valence-electron chi connectivity index (χ4n) is 1.81. The summed E-state index contributed by atoms with van der Waals surface area (Å²) >= 11 is 0. The Morgan fingerprint density at radius 3 is 2.53 bits per heavy atom. The first-order valence-electron chi connectivity index (χ1n) is 7.27. The van der Waals surface area contributed by atoms with Crippen LogP contribution < -0.4 is 10.1 Å². The summed E-state index contributed by atoms with van der Waals surface area (Å²) in [4.78, 5) is 0. The van der Waals surface area contributed by atoms with E-state index >= 15 is 0 Å². The van der Waals surface area contributed by atoms with Crippen LogP contribution in [0.4, 0.5) is 0 Å². The van der Waals surface area contributed by atoms with E-state index in [0.29, 0.717) is 6.04 Å². The van der Waals surface area contributed by atoms with Gasteiger partial charge in [-0.3, -0.25) is 0 Å². The molecule has 0 aliphatic heterocycles. The van der Waals surface area contributed by atoms with Gasteiger partial charge in [0.15, 0.2) is 0 Å². The van der Waals surface area contributed by atoms with Crippen LogP contribution in [0.3, 0.4) is 0 Å². The highest BCUT2D eigenvalue weighted by Gasteiger charge is 1.97. The quantitative estimate of drug-likeness (QED) is 0.706. The van der Waals surface area contributed by atoms with Gasteiger partial charge in [0, 0.05) is 6.04 Å². The first kappa shape index (κ1) is 15.8. The summed E-state index contributed by atoms with van der Waals surface area (Å²) in [6, 6.07) is 8.92. The summed E-state index contributed by atoms with van der Waals surface area (Å²) in [5.41, 5.74) is 2.60. The Morgan fingerprint density at radius 1 is 1.26 bits per heavy atom. The van der Waals surface area contributed by atoms with Gasteiger partial charge in [0.25, 0.3) is 0 Å². The Hall–Kier alpha value is -1.28. The van der Waals surface area contributed by atoms with Crippen molar-refractivity contribution in [1.82, 2.24) is 5.32 Å². The van der Waals surface area contributed by atoms with Crippen molar-refractivity contribution < 1.29 is 4.74 Å². The molecule has 0 saturated heterocycles. The van der Waals surface area contributed by atoms with Gasteiger partial charge in [-0.1, -0.05) is 39.0 Å². The van der Waals surface area contributed by atoms with Crippen molar-refractivity contribution in [2.24, 2.45) is 0 Å². The van der Waals surface area contributed by atoms with Gasteiger partial charge in [0.2, 0.25) is 0 Å². The smallest absolute Gasteiger partial charge is 0.119 e. The van der Waals surface area contributed by atoms with E-state index in [4.69, 9.17) is 4.74 Å². The van der Waals surface area contributed by atoms with Crippen LogP contribution in [0.15, 0.2) is 30.3 Å². The summed E-state index contributed by atoms with van der Waals surface area (Å²) < 4.78 is 5.59. The summed E-state index contributed by atoms with van der Waals surface area (Å²) in [5, 5.41) is 3.42. The van der Waals surface area contributed by atoms with E-state index < -0.39 is 0 Å². The van der Waals surface area contributed by atoms with E-state index in [0.717, 1.165) is 31.7 Å². The standard InChI is InChI=1S/C17H27NO/c1-5-13-19-17-10-8-16(9-11-17)15(4)7-6-12-18-14(2)3/h7-11,14,18H,5-6,12-13H2,1-4H3.